The number of aromatic nitrogens is 1. The van der Waals surface area contributed by atoms with Gasteiger partial charge in [0.05, 0.1) is 6.10 Å². The number of nitrogens with zero attached hydrogens (tertiary/aromatic N) is 1. The molecule has 0 saturated carbocycles. The molecule has 2 rings (SSSR count). The first-order valence-corrected chi connectivity index (χ1v) is 7.43. The highest BCUT2D eigenvalue weighted by Crippen LogP contribution is 2.19. The molecule has 2 N–H and O–H groups in total. The van der Waals surface area contributed by atoms with Crippen LogP contribution in [0.5, 0.6) is 5.75 Å². The average molecular weight is 336 g/mol. The van der Waals surface area contributed by atoms with Crippen molar-refractivity contribution in [2.24, 2.45) is 0 Å². The Hall–Kier alpha value is -2.54. The summed E-state index contributed by atoms with van der Waals surface area (Å²) in [6.07, 6.45) is 3.30. The molecule has 1 unspecified atom stereocenters. The third-order valence-electron chi connectivity index (χ3n) is 3.35. The standard InChI is InChI=1S/C17H18F2N2O3/c18-17(19)24-14-6-4-13(5-7-14)15(22)11-21-16(23)8-3-12-2-1-9-20-10-12/h1-2,4-7,9-10,15,17,22H,3,8,11H2,(H,21,23). The zero-order valence-electron chi connectivity index (χ0n) is 12.9. The van der Waals surface area contributed by atoms with Gasteiger partial charge in [-0.2, -0.15) is 8.78 Å². The van der Waals surface area contributed by atoms with Crippen molar-refractivity contribution in [2.45, 2.75) is 25.6 Å². The number of carbonyl (C=O) groups is 1. The van der Waals surface area contributed by atoms with Gasteiger partial charge in [0.15, 0.2) is 0 Å². The van der Waals surface area contributed by atoms with Gasteiger partial charge in [0.1, 0.15) is 5.75 Å². The fraction of sp³-hybridized carbons (Fsp3) is 0.294. The molecular formula is C17H18F2N2O3. The average Bonchev–Trinajstić information content (AvgIpc) is 2.59. The number of nitrogens with one attached hydrogen (secondary N) is 1. The van der Waals surface area contributed by atoms with Crippen LogP contribution >= 0.6 is 0 Å². The van der Waals surface area contributed by atoms with Gasteiger partial charge in [-0.15, -0.1) is 0 Å². The fourth-order valence-corrected chi connectivity index (χ4v) is 2.09. The Kier molecular flexibility index (Phi) is 6.62. The molecule has 5 nitrogen and oxygen atoms in total. The van der Waals surface area contributed by atoms with Crippen LogP contribution in [-0.2, 0) is 11.2 Å². The number of hydrogen-bond acceptors (Lipinski definition) is 4. The molecule has 0 bridgehead atoms. The van der Waals surface area contributed by atoms with E-state index in [1.807, 2.05) is 6.07 Å². The Balaban J connectivity index is 1.75. The van der Waals surface area contributed by atoms with E-state index >= 15 is 0 Å². The number of aryl methyl sites for hydroxylation is 1. The molecule has 0 radical (unpaired) electrons. The first kappa shape index (κ1) is 17.8. The number of aliphatic hydroxyl groups excluding tert-OH is 1. The summed E-state index contributed by atoms with van der Waals surface area (Å²) in [5.74, 6) is -0.169. The Bertz CT molecular complexity index is 636. The van der Waals surface area contributed by atoms with Crippen molar-refractivity contribution in [1.82, 2.24) is 10.3 Å². The molecule has 1 amide bonds. The first-order valence-electron chi connectivity index (χ1n) is 7.43. The van der Waals surface area contributed by atoms with E-state index in [0.29, 0.717) is 18.4 Å². The van der Waals surface area contributed by atoms with E-state index < -0.39 is 12.7 Å². The van der Waals surface area contributed by atoms with Crippen molar-refractivity contribution >= 4 is 5.91 Å². The Morgan fingerprint density at radius 3 is 2.62 bits per heavy atom. The van der Waals surface area contributed by atoms with E-state index in [1.54, 1.807) is 18.5 Å². The van der Waals surface area contributed by atoms with E-state index in [0.717, 1.165) is 5.56 Å². The van der Waals surface area contributed by atoms with Gasteiger partial charge in [-0.25, -0.2) is 0 Å². The minimum absolute atomic E-state index is 0.0152. The minimum atomic E-state index is -2.89. The van der Waals surface area contributed by atoms with Gasteiger partial charge >= 0.3 is 6.61 Å². The van der Waals surface area contributed by atoms with Crippen molar-refractivity contribution < 1.29 is 23.4 Å². The number of pyridine rings is 1. The Morgan fingerprint density at radius 1 is 1.25 bits per heavy atom. The van der Waals surface area contributed by atoms with Crippen LogP contribution in [0.1, 0.15) is 23.7 Å². The molecule has 128 valence electrons. The van der Waals surface area contributed by atoms with Crippen LogP contribution in [0.4, 0.5) is 8.78 Å². The topological polar surface area (TPSA) is 71.5 Å². The van der Waals surface area contributed by atoms with Gasteiger partial charge in [0.25, 0.3) is 0 Å². The summed E-state index contributed by atoms with van der Waals surface area (Å²) in [6, 6.07) is 9.33. The highest BCUT2D eigenvalue weighted by Gasteiger charge is 2.11. The number of halogens is 2. The van der Waals surface area contributed by atoms with Gasteiger partial charge < -0.3 is 15.2 Å². The third-order valence-corrected chi connectivity index (χ3v) is 3.35. The number of aliphatic hydroxyl groups is 1. The fourth-order valence-electron chi connectivity index (χ4n) is 2.09. The third kappa shape index (κ3) is 5.92. The molecular weight excluding hydrogens is 318 g/mol. The molecule has 0 aliphatic heterocycles. The maximum atomic E-state index is 12.1. The lowest BCUT2D eigenvalue weighted by Crippen LogP contribution is -2.28. The number of benzene rings is 1. The number of carbonyl (C=O) groups excluding carboxylic acids is 1. The van der Waals surface area contributed by atoms with Crippen LogP contribution < -0.4 is 10.1 Å². The van der Waals surface area contributed by atoms with E-state index in [4.69, 9.17) is 0 Å². The lowest BCUT2D eigenvalue weighted by Gasteiger charge is -2.13. The minimum Gasteiger partial charge on any atom is -0.435 e. The van der Waals surface area contributed by atoms with Crippen molar-refractivity contribution in [1.29, 1.82) is 0 Å². The van der Waals surface area contributed by atoms with Gasteiger partial charge in [0, 0.05) is 25.4 Å². The second kappa shape index (κ2) is 8.93. The maximum absolute atomic E-state index is 12.1. The molecule has 0 spiro atoms. The summed E-state index contributed by atoms with van der Waals surface area (Å²) < 4.78 is 28.4. The number of alkyl halides is 2. The second-order valence-electron chi connectivity index (χ2n) is 5.13. The van der Waals surface area contributed by atoms with E-state index in [9.17, 15) is 18.7 Å². The summed E-state index contributed by atoms with van der Waals surface area (Å²) >= 11 is 0. The Morgan fingerprint density at radius 2 is 2.00 bits per heavy atom. The molecule has 0 fully saturated rings. The number of ether oxygens (including phenoxy) is 1. The van der Waals surface area contributed by atoms with Crippen molar-refractivity contribution in [2.75, 3.05) is 6.54 Å². The number of hydrogen-bond donors (Lipinski definition) is 2. The molecule has 2 aromatic rings. The maximum Gasteiger partial charge on any atom is 0.387 e. The predicted molar refractivity (Wildman–Crippen MR) is 83.6 cm³/mol. The normalized spacial score (nSPS) is 12.0. The van der Waals surface area contributed by atoms with Crippen molar-refractivity contribution in [3.63, 3.8) is 0 Å². The first-order chi connectivity index (χ1) is 11.5. The summed E-state index contributed by atoms with van der Waals surface area (Å²) in [5, 5.41) is 12.7. The lowest BCUT2D eigenvalue weighted by molar-refractivity contribution is -0.121. The summed E-state index contributed by atoms with van der Waals surface area (Å²) in [7, 11) is 0. The van der Waals surface area contributed by atoms with Gasteiger partial charge in [-0.1, -0.05) is 18.2 Å². The highest BCUT2D eigenvalue weighted by molar-refractivity contribution is 5.76. The van der Waals surface area contributed by atoms with Gasteiger partial charge in [0.2, 0.25) is 5.91 Å². The predicted octanol–water partition coefficient (Wildman–Crippen LogP) is 2.47. The summed E-state index contributed by atoms with van der Waals surface area (Å²) in [4.78, 5) is 15.8. The molecule has 0 saturated heterocycles. The van der Waals surface area contributed by atoms with Gasteiger partial charge in [-0.3, -0.25) is 9.78 Å². The van der Waals surface area contributed by atoms with Crippen molar-refractivity contribution in [3.05, 3.63) is 59.9 Å². The summed E-state index contributed by atoms with van der Waals surface area (Å²) in [6.45, 7) is -2.85. The van der Waals surface area contributed by atoms with E-state index in [1.165, 1.54) is 24.3 Å². The van der Waals surface area contributed by atoms with Crippen LogP contribution in [-0.4, -0.2) is 29.2 Å². The van der Waals surface area contributed by atoms with Crippen molar-refractivity contribution in [3.8, 4) is 5.75 Å². The molecule has 1 heterocycles. The number of rotatable bonds is 8. The van der Waals surface area contributed by atoms with Crippen LogP contribution in [0.25, 0.3) is 0 Å². The van der Waals surface area contributed by atoms with Gasteiger partial charge in [-0.05, 0) is 35.7 Å². The molecule has 7 heteroatoms. The molecule has 0 aliphatic carbocycles. The SMILES string of the molecule is O=C(CCc1cccnc1)NCC(O)c1ccc(OC(F)F)cc1. The molecule has 1 aromatic heterocycles. The van der Waals surface area contributed by atoms with E-state index in [-0.39, 0.29) is 18.2 Å². The largest absolute Gasteiger partial charge is 0.435 e. The zero-order valence-corrected chi connectivity index (χ0v) is 12.9. The van der Waals surface area contributed by atoms with Crippen LogP contribution in [0.3, 0.4) is 0 Å². The summed E-state index contributed by atoms with van der Waals surface area (Å²) in [5.41, 5.74) is 1.46. The molecule has 0 aliphatic rings. The van der Waals surface area contributed by atoms with Crippen LogP contribution in [0.15, 0.2) is 48.8 Å². The smallest absolute Gasteiger partial charge is 0.387 e. The van der Waals surface area contributed by atoms with Crippen LogP contribution in [0.2, 0.25) is 0 Å². The van der Waals surface area contributed by atoms with Crippen LogP contribution in [0, 0.1) is 0 Å². The molecule has 1 atom stereocenters. The molecule has 1 aromatic carbocycles. The quantitative estimate of drug-likeness (QED) is 0.777. The number of amides is 1. The highest BCUT2D eigenvalue weighted by atomic mass is 19.3. The molecule has 24 heavy (non-hydrogen) atoms. The van der Waals surface area contributed by atoms with E-state index in [2.05, 4.69) is 15.0 Å². The second-order valence-corrected chi connectivity index (χ2v) is 5.13. The zero-order chi connectivity index (χ0) is 17.4. The lowest BCUT2D eigenvalue weighted by atomic mass is 10.1. The monoisotopic (exact) mass is 336 g/mol. The Labute approximate surface area is 138 Å².